The summed E-state index contributed by atoms with van der Waals surface area (Å²) in [7, 11) is 0. The Morgan fingerprint density at radius 3 is 2.94 bits per heavy atom. The van der Waals surface area contributed by atoms with Crippen molar-refractivity contribution < 1.29 is 9.18 Å². The van der Waals surface area contributed by atoms with Crippen molar-refractivity contribution in [1.82, 2.24) is 5.32 Å². The third kappa shape index (κ3) is 2.64. The van der Waals surface area contributed by atoms with Crippen molar-refractivity contribution in [2.45, 2.75) is 26.2 Å². The Hall–Kier alpha value is -0.740. The van der Waals surface area contributed by atoms with Gasteiger partial charge in [-0.2, -0.15) is 0 Å². The van der Waals surface area contributed by atoms with Gasteiger partial charge in [-0.1, -0.05) is 22.9 Å². The Morgan fingerprint density at radius 1 is 1.56 bits per heavy atom. The lowest BCUT2D eigenvalue weighted by molar-refractivity contribution is -0.127. The molecule has 4 heteroatoms. The van der Waals surface area contributed by atoms with Crippen LogP contribution in [0, 0.1) is 11.2 Å². The molecule has 1 aromatic rings. The molecule has 0 bridgehead atoms. The zero-order chi connectivity index (χ0) is 13.2. The number of hydrogen-bond donors (Lipinski definition) is 1. The fourth-order valence-electron chi connectivity index (χ4n) is 2.52. The Morgan fingerprint density at radius 2 is 2.33 bits per heavy atom. The fraction of sp³-hybridized carbons (Fsp3) is 0.500. The summed E-state index contributed by atoms with van der Waals surface area (Å²) in [5.41, 5.74) is 0.184. The van der Waals surface area contributed by atoms with Crippen LogP contribution in [0.25, 0.3) is 0 Å². The van der Waals surface area contributed by atoms with Gasteiger partial charge in [-0.05, 0) is 43.1 Å². The molecule has 0 aromatic heterocycles. The minimum absolute atomic E-state index is 0.145. The SMILES string of the molecule is CCC1(C(=O)Cc2cc(Br)ccc2F)CCNC1. The smallest absolute Gasteiger partial charge is 0.144 e. The first-order valence-electron chi connectivity index (χ1n) is 6.25. The van der Waals surface area contributed by atoms with E-state index in [0.29, 0.717) is 5.56 Å². The number of Topliss-reactive ketones (excluding diaryl/α,β-unsaturated/α-hetero) is 1. The molecule has 1 aliphatic heterocycles. The third-order valence-electron chi connectivity index (χ3n) is 3.87. The van der Waals surface area contributed by atoms with E-state index in [4.69, 9.17) is 0 Å². The molecular formula is C14H17BrFNO. The number of hydrogen-bond acceptors (Lipinski definition) is 2. The first-order chi connectivity index (χ1) is 8.57. The summed E-state index contributed by atoms with van der Waals surface area (Å²) < 4.78 is 14.5. The van der Waals surface area contributed by atoms with Crippen LogP contribution in [0.2, 0.25) is 0 Å². The number of carbonyl (C=O) groups is 1. The van der Waals surface area contributed by atoms with Crippen LogP contribution in [0.1, 0.15) is 25.3 Å². The van der Waals surface area contributed by atoms with Crippen LogP contribution < -0.4 is 5.32 Å². The van der Waals surface area contributed by atoms with E-state index in [2.05, 4.69) is 21.2 Å². The number of nitrogens with one attached hydrogen (secondary N) is 1. The third-order valence-corrected chi connectivity index (χ3v) is 4.36. The molecule has 1 N–H and O–H groups in total. The van der Waals surface area contributed by atoms with Gasteiger partial charge in [-0.15, -0.1) is 0 Å². The monoisotopic (exact) mass is 313 g/mol. The van der Waals surface area contributed by atoms with E-state index in [1.54, 1.807) is 12.1 Å². The maximum atomic E-state index is 13.7. The van der Waals surface area contributed by atoms with Crippen molar-refractivity contribution in [3.8, 4) is 0 Å². The zero-order valence-corrected chi connectivity index (χ0v) is 12.0. The molecule has 18 heavy (non-hydrogen) atoms. The molecule has 2 nitrogen and oxygen atoms in total. The van der Waals surface area contributed by atoms with E-state index in [1.165, 1.54) is 6.07 Å². The highest BCUT2D eigenvalue weighted by molar-refractivity contribution is 9.10. The summed E-state index contributed by atoms with van der Waals surface area (Å²) >= 11 is 3.31. The number of rotatable bonds is 4. The Labute approximate surface area is 115 Å². The lowest BCUT2D eigenvalue weighted by Gasteiger charge is -2.25. The summed E-state index contributed by atoms with van der Waals surface area (Å²) in [6.07, 6.45) is 1.85. The van der Waals surface area contributed by atoms with Gasteiger partial charge >= 0.3 is 0 Å². The standard InChI is InChI=1S/C14H17BrFNO/c1-2-14(5-6-17-9-14)13(18)8-10-7-11(15)3-4-12(10)16/h3-4,7,17H,2,5-6,8-9H2,1H3. The van der Waals surface area contributed by atoms with Crippen LogP contribution in [0.4, 0.5) is 4.39 Å². The van der Waals surface area contributed by atoms with E-state index in [1.807, 2.05) is 6.92 Å². The van der Waals surface area contributed by atoms with Crippen LogP contribution >= 0.6 is 15.9 Å². The summed E-state index contributed by atoms with van der Waals surface area (Å²) in [4.78, 5) is 12.4. The quantitative estimate of drug-likeness (QED) is 0.925. The predicted octanol–water partition coefficient (Wildman–Crippen LogP) is 3.09. The van der Waals surface area contributed by atoms with Crippen molar-refractivity contribution in [2.75, 3.05) is 13.1 Å². The van der Waals surface area contributed by atoms with Crippen molar-refractivity contribution in [3.63, 3.8) is 0 Å². The van der Waals surface area contributed by atoms with Gasteiger partial charge in [0.2, 0.25) is 0 Å². The minimum atomic E-state index is -0.302. The molecule has 1 aliphatic rings. The molecule has 98 valence electrons. The fourth-order valence-corrected chi connectivity index (χ4v) is 2.93. The largest absolute Gasteiger partial charge is 0.316 e. The highest BCUT2D eigenvalue weighted by Gasteiger charge is 2.38. The first-order valence-corrected chi connectivity index (χ1v) is 7.05. The molecular weight excluding hydrogens is 297 g/mol. The summed E-state index contributed by atoms with van der Waals surface area (Å²) in [6, 6.07) is 4.74. The summed E-state index contributed by atoms with van der Waals surface area (Å²) in [5, 5.41) is 3.23. The second-order valence-corrected chi connectivity index (χ2v) is 5.81. The maximum Gasteiger partial charge on any atom is 0.144 e. The normalized spacial score (nSPS) is 23.3. The average Bonchev–Trinajstić information content (AvgIpc) is 2.84. The van der Waals surface area contributed by atoms with Gasteiger partial charge in [0.1, 0.15) is 11.6 Å². The van der Waals surface area contributed by atoms with Crippen LogP contribution in [-0.4, -0.2) is 18.9 Å². The Kier molecular flexibility index (Phi) is 4.17. The van der Waals surface area contributed by atoms with Crippen LogP contribution in [0.5, 0.6) is 0 Å². The van der Waals surface area contributed by atoms with Crippen molar-refractivity contribution in [3.05, 3.63) is 34.1 Å². The second kappa shape index (κ2) is 5.49. The number of benzene rings is 1. The Bertz CT molecular complexity index is 455. The van der Waals surface area contributed by atoms with Crippen molar-refractivity contribution >= 4 is 21.7 Å². The molecule has 0 spiro atoms. The van der Waals surface area contributed by atoms with Gasteiger partial charge in [-0.25, -0.2) is 4.39 Å². The number of carbonyl (C=O) groups excluding carboxylic acids is 1. The molecule has 0 radical (unpaired) electrons. The van der Waals surface area contributed by atoms with Crippen LogP contribution in [0.15, 0.2) is 22.7 Å². The highest BCUT2D eigenvalue weighted by Crippen LogP contribution is 2.32. The average molecular weight is 314 g/mol. The zero-order valence-electron chi connectivity index (χ0n) is 10.4. The maximum absolute atomic E-state index is 13.7. The molecule has 1 atom stereocenters. The molecule has 1 fully saturated rings. The van der Waals surface area contributed by atoms with E-state index < -0.39 is 0 Å². The molecule has 1 unspecified atom stereocenters. The van der Waals surface area contributed by atoms with Gasteiger partial charge in [-0.3, -0.25) is 4.79 Å². The number of halogens is 2. The lowest BCUT2D eigenvalue weighted by Crippen LogP contribution is -2.34. The van der Waals surface area contributed by atoms with E-state index >= 15 is 0 Å². The molecule has 0 saturated carbocycles. The van der Waals surface area contributed by atoms with Crippen molar-refractivity contribution in [2.24, 2.45) is 5.41 Å². The first kappa shape index (κ1) is 13.7. The van der Waals surface area contributed by atoms with Gasteiger partial charge in [0.15, 0.2) is 0 Å². The highest BCUT2D eigenvalue weighted by atomic mass is 79.9. The van der Waals surface area contributed by atoms with E-state index in [-0.39, 0.29) is 23.4 Å². The van der Waals surface area contributed by atoms with Gasteiger partial charge in [0.05, 0.1) is 0 Å². The number of ketones is 1. The molecule has 1 heterocycles. The molecule has 2 rings (SSSR count). The van der Waals surface area contributed by atoms with Gasteiger partial charge < -0.3 is 5.32 Å². The minimum Gasteiger partial charge on any atom is -0.316 e. The van der Waals surface area contributed by atoms with Gasteiger partial charge in [0.25, 0.3) is 0 Å². The predicted molar refractivity (Wildman–Crippen MR) is 73.0 cm³/mol. The topological polar surface area (TPSA) is 29.1 Å². The van der Waals surface area contributed by atoms with E-state index in [0.717, 1.165) is 30.4 Å². The van der Waals surface area contributed by atoms with Crippen LogP contribution in [0.3, 0.4) is 0 Å². The molecule has 1 aromatic carbocycles. The lowest BCUT2D eigenvalue weighted by atomic mass is 9.78. The van der Waals surface area contributed by atoms with Crippen LogP contribution in [-0.2, 0) is 11.2 Å². The molecule has 0 aliphatic carbocycles. The summed E-state index contributed by atoms with van der Waals surface area (Å²) in [5.74, 6) is -0.157. The van der Waals surface area contributed by atoms with E-state index in [9.17, 15) is 9.18 Å². The molecule has 0 amide bonds. The Balaban J connectivity index is 2.18. The van der Waals surface area contributed by atoms with Crippen molar-refractivity contribution in [1.29, 1.82) is 0 Å². The summed E-state index contributed by atoms with van der Waals surface area (Å²) in [6.45, 7) is 3.63. The second-order valence-electron chi connectivity index (χ2n) is 4.90. The van der Waals surface area contributed by atoms with Gasteiger partial charge in [0, 0.05) is 22.9 Å². The molecule has 1 saturated heterocycles.